The normalized spacial score (nSPS) is 14.3. The van der Waals surface area contributed by atoms with Gasteiger partial charge in [0.25, 0.3) is 0 Å². The summed E-state index contributed by atoms with van der Waals surface area (Å²) in [6, 6.07) is 1.06. The Hall–Kier alpha value is -2.11. The van der Waals surface area contributed by atoms with E-state index in [1.165, 1.54) is 6.92 Å². The van der Waals surface area contributed by atoms with Gasteiger partial charge in [-0.25, -0.2) is 4.79 Å². The largest absolute Gasteiger partial charge is 0.478 e. The molecule has 6 nitrogen and oxygen atoms in total. The van der Waals surface area contributed by atoms with E-state index in [9.17, 15) is 14.4 Å². The molecule has 0 unspecified atom stereocenters. The fourth-order valence-corrected chi connectivity index (χ4v) is 2.01. The van der Waals surface area contributed by atoms with Crippen LogP contribution >= 0.6 is 0 Å². The van der Waals surface area contributed by atoms with E-state index in [-0.39, 0.29) is 18.0 Å². The first-order valence-electron chi connectivity index (χ1n) is 5.23. The fourth-order valence-electron chi connectivity index (χ4n) is 2.01. The van der Waals surface area contributed by atoms with Crippen molar-refractivity contribution in [1.82, 2.24) is 9.88 Å². The molecule has 1 amide bonds. The first-order chi connectivity index (χ1) is 7.99. The standard InChI is InChI=1S/C11H12N2O4/c1-6(14)13-3-2-9-8(5-13)7(11(16)17)4-10(15)12-9/h4H,2-3,5H2,1H3,(H,12,15)(H,16,17). The summed E-state index contributed by atoms with van der Waals surface area (Å²) in [5.41, 5.74) is 0.707. The Balaban J connectivity index is 2.51. The second-order valence-electron chi connectivity index (χ2n) is 4.00. The topological polar surface area (TPSA) is 90.5 Å². The summed E-state index contributed by atoms with van der Waals surface area (Å²) in [5.74, 6) is -1.24. The minimum absolute atomic E-state index is 0.0188. The number of nitrogens with one attached hydrogen (secondary N) is 1. The van der Waals surface area contributed by atoms with Crippen LogP contribution in [-0.2, 0) is 17.8 Å². The number of rotatable bonds is 1. The lowest BCUT2D eigenvalue weighted by Crippen LogP contribution is -2.36. The average molecular weight is 236 g/mol. The van der Waals surface area contributed by atoms with Crippen molar-refractivity contribution in [2.24, 2.45) is 0 Å². The Labute approximate surface area is 96.9 Å². The van der Waals surface area contributed by atoms with Gasteiger partial charge in [0.15, 0.2) is 0 Å². The van der Waals surface area contributed by atoms with Gasteiger partial charge in [0, 0.05) is 43.8 Å². The van der Waals surface area contributed by atoms with Gasteiger partial charge in [0.1, 0.15) is 0 Å². The van der Waals surface area contributed by atoms with Crippen molar-refractivity contribution in [3.8, 4) is 0 Å². The Kier molecular flexibility index (Phi) is 2.71. The number of hydrogen-bond acceptors (Lipinski definition) is 3. The lowest BCUT2D eigenvalue weighted by Gasteiger charge is -2.28. The predicted octanol–water partition coefficient (Wildman–Crippen LogP) is -0.0223. The number of pyridine rings is 1. The zero-order valence-electron chi connectivity index (χ0n) is 9.32. The van der Waals surface area contributed by atoms with E-state index in [4.69, 9.17) is 5.11 Å². The molecule has 90 valence electrons. The van der Waals surface area contributed by atoms with Gasteiger partial charge in [0.2, 0.25) is 11.5 Å². The maximum atomic E-state index is 11.3. The van der Waals surface area contributed by atoms with Crippen molar-refractivity contribution in [2.75, 3.05) is 6.54 Å². The minimum atomic E-state index is -1.14. The summed E-state index contributed by atoms with van der Waals surface area (Å²) in [6.07, 6.45) is 0.477. The minimum Gasteiger partial charge on any atom is -0.478 e. The number of hydrogen-bond donors (Lipinski definition) is 2. The second-order valence-corrected chi connectivity index (χ2v) is 4.00. The first-order valence-corrected chi connectivity index (χ1v) is 5.23. The number of aromatic amines is 1. The van der Waals surface area contributed by atoms with Gasteiger partial charge < -0.3 is 15.0 Å². The van der Waals surface area contributed by atoms with Crippen molar-refractivity contribution in [1.29, 1.82) is 0 Å². The predicted molar refractivity (Wildman–Crippen MR) is 58.8 cm³/mol. The molecule has 0 bridgehead atoms. The molecule has 0 aliphatic carbocycles. The van der Waals surface area contributed by atoms with Crippen molar-refractivity contribution in [3.05, 3.63) is 33.2 Å². The lowest BCUT2D eigenvalue weighted by atomic mass is 10.00. The van der Waals surface area contributed by atoms with Crippen LogP contribution < -0.4 is 5.56 Å². The Morgan fingerprint density at radius 2 is 2.18 bits per heavy atom. The van der Waals surface area contributed by atoms with Gasteiger partial charge in [-0.2, -0.15) is 0 Å². The van der Waals surface area contributed by atoms with Gasteiger partial charge in [-0.1, -0.05) is 0 Å². The summed E-state index contributed by atoms with van der Waals surface area (Å²) in [4.78, 5) is 37.8. The summed E-state index contributed by atoms with van der Waals surface area (Å²) >= 11 is 0. The van der Waals surface area contributed by atoms with E-state index >= 15 is 0 Å². The van der Waals surface area contributed by atoms with Crippen molar-refractivity contribution in [3.63, 3.8) is 0 Å². The van der Waals surface area contributed by atoms with Crippen molar-refractivity contribution < 1.29 is 14.7 Å². The van der Waals surface area contributed by atoms with Gasteiger partial charge >= 0.3 is 5.97 Å². The highest BCUT2D eigenvalue weighted by molar-refractivity contribution is 5.89. The first kappa shape index (κ1) is 11.4. The molecule has 1 aliphatic heterocycles. The smallest absolute Gasteiger partial charge is 0.336 e. The number of amides is 1. The summed E-state index contributed by atoms with van der Waals surface area (Å²) < 4.78 is 0. The number of carboxylic acid groups (broad SMARTS) is 1. The second kappa shape index (κ2) is 4.04. The number of aromatic nitrogens is 1. The third-order valence-electron chi connectivity index (χ3n) is 2.90. The molecule has 1 aliphatic rings. The van der Waals surface area contributed by atoms with Crippen LogP contribution in [0, 0.1) is 0 Å². The number of fused-ring (bicyclic) bond motifs is 1. The van der Waals surface area contributed by atoms with Crippen molar-refractivity contribution >= 4 is 11.9 Å². The molecule has 1 aromatic rings. The molecule has 2 heterocycles. The van der Waals surface area contributed by atoms with Crippen LogP contribution in [0.4, 0.5) is 0 Å². The molecule has 1 aromatic heterocycles. The molecule has 2 N–H and O–H groups in total. The maximum Gasteiger partial charge on any atom is 0.336 e. The molecule has 0 radical (unpaired) electrons. The molecule has 0 fully saturated rings. The molecule has 0 spiro atoms. The fraction of sp³-hybridized carbons (Fsp3) is 0.364. The maximum absolute atomic E-state index is 11.3. The molecule has 2 rings (SSSR count). The summed E-state index contributed by atoms with van der Waals surface area (Å²) in [6.45, 7) is 2.18. The molecule has 6 heteroatoms. The molecule has 0 aromatic carbocycles. The van der Waals surface area contributed by atoms with Gasteiger partial charge in [-0.3, -0.25) is 9.59 Å². The van der Waals surface area contributed by atoms with Gasteiger partial charge in [-0.15, -0.1) is 0 Å². The summed E-state index contributed by atoms with van der Waals surface area (Å²) in [5, 5.41) is 9.03. The number of carbonyl (C=O) groups is 2. The molecule has 0 saturated heterocycles. The van der Waals surface area contributed by atoms with Crippen LogP contribution in [0.1, 0.15) is 28.5 Å². The molecule has 0 saturated carbocycles. The van der Waals surface area contributed by atoms with Crippen LogP contribution in [0.15, 0.2) is 10.9 Å². The molecule has 17 heavy (non-hydrogen) atoms. The van der Waals surface area contributed by atoms with E-state index < -0.39 is 11.5 Å². The third-order valence-corrected chi connectivity index (χ3v) is 2.90. The van der Waals surface area contributed by atoms with Gasteiger partial charge in [-0.05, 0) is 0 Å². The van der Waals surface area contributed by atoms with E-state index in [2.05, 4.69) is 4.98 Å². The highest BCUT2D eigenvalue weighted by Gasteiger charge is 2.24. The highest BCUT2D eigenvalue weighted by atomic mass is 16.4. The summed E-state index contributed by atoms with van der Waals surface area (Å²) in [7, 11) is 0. The van der Waals surface area contributed by atoms with E-state index in [1.807, 2.05) is 0 Å². The lowest BCUT2D eigenvalue weighted by molar-refractivity contribution is -0.129. The van der Waals surface area contributed by atoms with Crippen LogP contribution in [-0.4, -0.2) is 33.4 Å². The zero-order valence-corrected chi connectivity index (χ0v) is 9.32. The number of nitrogens with zero attached hydrogens (tertiary/aromatic N) is 1. The van der Waals surface area contributed by atoms with Crippen LogP contribution in [0.25, 0.3) is 0 Å². The molecular formula is C11H12N2O4. The zero-order chi connectivity index (χ0) is 12.6. The monoisotopic (exact) mass is 236 g/mol. The van der Waals surface area contributed by atoms with Crippen molar-refractivity contribution in [2.45, 2.75) is 19.9 Å². The van der Waals surface area contributed by atoms with E-state index in [0.717, 1.165) is 6.07 Å². The quantitative estimate of drug-likeness (QED) is 0.716. The number of H-pyrrole nitrogens is 1. The van der Waals surface area contributed by atoms with Crippen LogP contribution in [0.5, 0.6) is 0 Å². The highest BCUT2D eigenvalue weighted by Crippen LogP contribution is 2.19. The van der Waals surface area contributed by atoms with E-state index in [0.29, 0.717) is 24.2 Å². The number of carbonyl (C=O) groups excluding carboxylic acids is 1. The average Bonchev–Trinajstić information content (AvgIpc) is 2.26. The number of carboxylic acids is 1. The third kappa shape index (κ3) is 2.06. The van der Waals surface area contributed by atoms with Crippen LogP contribution in [0.3, 0.4) is 0 Å². The van der Waals surface area contributed by atoms with Gasteiger partial charge in [0.05, 0.1) is 5.56 Å². The SMILES string of the molecule is CC(=O)N1CCc2[nH]c(=O)cc(C(=O)O)c2C1. The number of aromatic carboxylic acids is 1. The Morgan fingerprint density at radius 3 is 2.76 bits per heavy atom. The van der Waals surface area contributed by atoms with Crippen LogP contribution in [0.2, 0.25) is 0 Å². The molecular weight excluding hydrogens is 224 g/mol. The van der Waals surface area contributed by atoms with E-state index in [1.54, 1.807) is 4.90 Å². The Bertz CT molecular complexity index is 547. The molecule has 0 atom stereocenters. The Morgan fingerprint density at radius 1 is 1.47 bits per heavy atom.